The van der Waals surface area contributed by atoms with Crippen molar-refractivity contribution < 1.29 is 9.32 Å². The molecular formula is C20H25N7O4. The number of carbonyl (C=O) groups excluding carboxylic acids is 1. The maximum atomic E-state index is 13.0. The number of aryl methyl sites for hydroxylation is 1. The van der Waals surface area contributed by atoms with E-state index in [1.807, 2.05) is 4.90 Å². The quantitative estimate of drug-likeness (QED) is 0.569. The molecular weight excluding hydrogens is 402 g/mol. The lowest BCUT2D eigenvalue weighted by Crippen LogP contribution is -2.42. The van der Waals surface area contributed by atoms with E-state index in [1.165, 1.54) is 22.5 Å². The van der Waals surface area contributed by atoms with Crippen molar-refractivity contribution in [2.75, 3.05) is 13.1 Å². The Morgan fingerprint density at radius 1 is 1.19 bits per heavy atom. The number of nitrogens with zero attached hydrogens (tertiary/aromatic N) is 7. The zero-order valence-electron chi connectivity index (χ0n) is 17.7. The molecule has 0 radical (unpaired) electrons. The van der Waals surface area contributed by atoms with Crippen LogP contribution in [0.4, 0.5) is 0 Å². The van der Waals surface area contributed by atoms with Gasteiger partial charge in [-0.2, -0.15) is 4.98 Å². The lowest BCUT2D eigenvalue weighted by molar-refractivity contribution is -0.133. The molecule has 0 bridgehead atoms. The van der Waals surface area contributed by atoms with Gasteiger partial charge in [-0.3, -0.25) is 18.7 Å². The first-order valence-electron chi connectivity index (χ1n) is 10.6. The second kappa shape index (κ2) is 7.47. The second-order valence-corrected chi connectivity index (χ2v) is 8.62. The van der Waals surface area contributed by atoms with Crippen molar-refractivity contribution in [3.63, 3.8) is 0 Å². The summed E-state index contributed by atoms with van der Waals surface area (Å²) in [6, 6.07) is 0. The molecule has 164 valence electrons. The average molecular weight is 427 g/mol. The van der Waals surface area contributed by atoms with Crippen LogP contribution in [0.25, 0.3) is 11.2 Å². The van der Waals surface area contributed by atoms with Crippen LogP contribution >= 0.6 is 0 Å². The third-order valence-corrected chi connectivity index (χ3v) is 6.28. The molecule has 1 saturated carbocycles. The van der Waals surface area contributed by atoms with E-state index in [9.17, 15) is 14.4 Å². The largest absolute Gasteiger partial charge is 0.341 e. The Kier molecular flexibility index (Phi) is 4.75. The first-order valence-corrected chi connectivity index (χ1v) is 10.6. The lowest BCUT2D eigenvalue weighted by atomic mass is 9.94. The highest BCUT2D eigenvalue weighted by atomic mass is 16.5. The molecule has 31 heavy (non-hydrogen) atoms. The molecule has 0 unspecified atom stereocenters. The zero-order chi connectivity index (χ0) is 21.7. The van der Waals surface area contributed by atoms with E-state index < -0.39 is 11.2 Å². The van der Waals surface area contributed by atoms with Crippen LogP contribution in [-0.4, -0.2) is 52.7 Å². The van der Waals surface area contributed by atoms with Crippen LogP contribution in [0.5, 0.6) is 0 Å². The van der Waals surface area contributed by atoms with Crippen LogP contribution in [-0.2, 0) is 31.9 Å². The summed E-state index contributed by atoms with van der Waals surface area (Å²) in [6.07, 6.45) is 6.28. The minimum Gasteiger partial charge on any atom is -0.341 e. The van der Waals surface area contributed by atoms with Gasteiger partial charge in [-0.25, -0.2) is 9.78 Å². The number of hydrogen-bond acceptors (Lipinski definition) is 7. The number of fused-ring (bicyclic) bond motifs is 1. The van der Waals surface area contributed by atoms with Gasteiger partial charge in [0.05, 0.1) is 6.33 Å². The Morgan fingerprint density at radius 3 is 2.77 bits per heavy atom. The summed E-state index contributed by atoms with van der Waals surface area (Å²) < 4.78 is 9.28. The number of amides is 1. The van der Waals surface area contributed by atoms with Gasteiger partial charge in [-0.1, -0.05) is 5.16 Å². The fraction of sp³-hybridized carbons (Fsp3) is 0.600. The van der Waals surface area contributed by atoms with Crippen LogP contribution in [0.3, 0.4) is 0 Å². The molecule has 0 aromatic carbocycles. The number of imidazole rings is 1. The predicted molar refractivity (Wildman–Crippen MR) is 109 cm³/mol. The van der Waals surface area contributed by atoms with Crippen LogP contribution in [0.15, 0.2) is 20.4 Å². The molecule has 11 heteroatoms. The summed E-state index contributed by atoms with van der Waals surface area (Å²) in [4.78, 5) is 48.2. The Bertz CT molecular complexity index is 1260. The highest BCUT2D eigenvalue weighted by Gasteiger charge is 2.30. The zero-order valence-corrected chi connectivity index (χ0v) is 17.7. The van der Waals surface area contributed by atoms with Crippen molar-refractivity contribution in [2.45, 2.75) is 44.6 Å². The van der Waals surface area contributed by atoms with Gasteiger partial charge in [0.2, 0.25) is 11.8 Å². The maximum Gasteiger partial charge on any atom is 0.332 e. The minimum absolute atomic E-state index is 0.00303. The highest BCUT2D eigenvalue weighted by Crippen LogP contribution is 2.38. The monoisotopic (exact) mass is 427 g/mol. The van der Waals surface area contributed by atoms with E-state index in [-0.39, 0.29) is 29.5 Å². The van der Waals surface area contributed by atoms with Crippen LogP contribution in [0.2, 0.25) is 0 Å². The van der Waals surface area contributed by atoms with Gasteiger partial charge in [-0.15, -0.1) is 0 Å². The molecule has 1 aliphatic heterocycles. The number of hydrogen-bond donors (Lipinski definition) is 0. The van der Waals surface area contributed by atoms with E-state index in [4.69, 9.17) is 4.52 Å². The van der Waals surface area contributed by atoms with Gasteiger partial charge >= 0.3 is 5.69 Å². The normalized spacial score (nSPS) is 19.3. The molecule has 0 N–H and O–H groups in total. The van der Waals surface area contributed by atoms with Gasteiger partial charge in [-0.05, 0) is 31.6 Å². The van der Waals surface area contributed by atoms with Crippen molar-refractivity contribution >= 4 is 17.1 Å². The molecule has 3 aromatic heterocycles. The van der Waals surface area contributed by atoms with Gasteiger partial charge < -0.3 is 14.0 Å². The van der Waals surface area contributed by atoms with Crippen LogP contribution in [0, 0.1) is 5.92 Å². The lowest BCUT2D eigenvalue weighted by Gasteiger charge is -2.32. The number of piperidine rings is 1. The summed E-state index contributed by atoms with van der Waals surface area (Å²) in [5.74, 6) is 2.09. The molecule has 0 spiro atoms. The molecule has 2 aliphatic rings. The molecule has 1 aliphatic carbocycles. The van der Waals surface area contributed by atoms with E-state index in [2.05, 4.69) is 15.1 Å². The summed E-state index contributed by atoms with van der Waals surface area (Å²) in [6.45, 7) is 1.29. The fourth-order valence-electron chi connectivity index (χ4n) is 4.33. The fourth-order valence-corrected chi connectivity index (χ4v) is 4.33. The van der Waals surface area contributed by atoms with E-state index in [0.29, 0.717) is 31.3 Å². The Hall–Kier alpha value is -3.24. The molecule has 1 saturated heterocycles. The average Bonchev–Trinajstić information content (AvgIpc) is 3.38. The first kappa shape index (κ1) is 19.7. The third-order valence-electron chi connectivity index (χ3n) is 6.28. The molecule has 11 nitrogen and oxygen atoms in total. The van der Waals surface area contributed by atoms with Gasteiger partial charge in [0.15, 0.2) is 17.0 Å². The predicted octanol–water partition coefficient (Wildman–Crippen LogP) is 0.175. The SMILES string of the molecule is Cn1c(=O)c2c(ncn2CC(=O)N2CCC[C@H](Cc3nc(C4CC4)no3)C2)n(C)c1=O. The van der Waals surface area contributed by atoms with Crippen LogP contribution < -0.4 is 11.2 Å². The maximum absolute atomic E-state index is 13.0. The van der Waals surface area contributed by atoms with Crippen molar-refractivity contribution in [1.82, 2.24) is 33.7 Å². The molecule has 3 aromatic rings. The number of rotatable bonds is 5. The van der Waals surface area contributed by atoms with Gasteiger partial charge in [0.1, 0.15) is 6.54 Å². The summed E-state index contributed by atoms with van der Waals surface area (Å²) >= 11 is 0. The highest BCUT2D eigenvalue weighted by molar-refractivity contribution is 5.79. The number of aromatic nitrogens is 6. The number of likely N-dealkylation sites (tertiary alicyclic amines) is 1. The van der Waals surface area contributed by atoms with E-state index in [0.717, 1.165) is 36.1 Å². The first-order chi connectivity index (χ1) is 14.9. The molecule has 5 rings (SSSR count). The van der Waals surface area contributed by atoms with E-state index >= 15 is 0 Å². The topological polar surface area (TPSA) is 121 Å². The molecule has 4 heterocycles. The summed E-state index contributed by atoms with van der Waals surface area (Å²) in [5, 5.41) is 4.07. The Balaban J connectivity index is 1.30. The van der Waals surface area contributed by atoms with Crippen LogP contribution in [0.1, 0.15) is 43.3 Å². The van der Waals surface area contributed by atoms with Crippen molar-refractivity contribution in [2.24, 2.45) is 20.0 Å². The van der Waals surface area contributed by atoms with Gasteiger partial charge in [0.25, 0.3) is 5.56 Å². The van der Waals surface area contributed by atoms with Gasteiger partial charge in [0, 0.05) is 39.5 Å². The summed E-state index contributed by atoms with van der Waals surface area (Å²) in [5.41, 5.74) is -0.369. The third kappa shape index (κ3) is 3.57. The summed E-state index contributed by atoms with van der Waals surface area (Å²) in [7, 11) is 2.98. The minimum atomic E-state index is -0.456. The second-order valence-electron chi connectivity index (χ2n) is 8.62. The molecule has 1 amide bonds. The smallest absolute Gasteiger partial charge is 0.332 e. The molecule has 1 atom stereocenters. The molecule has 2 fully saturated rings. The van der Waals surface area contributed by atoms with Crippen molar-refractivity contribution in [3.05, 3.63) is 38.9 Å². The Morgan fingerprint density at radius 2 is 2.00 bits per heavy atom. The van der Waals surface area contributed by atoms with E-state index in [1.54, 1.807) is 7.05 Å². The number of carbonyl (C=O) groups is 1. The standard InChI is InChI=1S/C20H25N7O4/c1-24-18-16(19(29)25(2)20(24)30)27(11-21-18)10-15(28)26-7-3-4-12(9-26)8-14-22-17(23-31-14)13-5-6-13/h11-13H,3-10H2,1-2H3/t12-/m1/s1. The Labute approximate surface area is 177 Å². The van der Waals surface area contributed by atoms with Crippen molar-refractivity contribution in [1.29, 1.82) is 0 Å². The van der Waals surface area contributed by atoms with Crippen molar-refractivity contribution in [3.8, 4) is 0 Å².